The standard InChI is InChI=1S/C18H20F17IO2/c1-2-3-4-5-6-7-8-10(36)9-11(19,14(23,24)25)37-18(34,35)13(22,16(29,30)31)38-17(32,33)12(20,21)15(26,27)28/h10H,2-9H2,1H3. The average Bonchev–Trinajstić information content (AvgIpc) is 2.66. The van der Waals surface area contributed by atoms with E-state index in [-0.39, 0.29) is 12.8 Å². The first-order valence-corrected chi connectivity index (χ1v) is 11.6. The van der Waals surface area contributed by atoms with Crippen molar-refractivity contribution in [2.75, 3.05) is 0 Å². The Labute approximate surface area is 217 Å². The number of alkyl halides is 18. The molecule has 0 aromatic heterocycles. The molecule has 0 aromatic rings. The van der Waals surface area contributed by atoms with Gasteiger partial charge in [-0.1, -0.05) is 68.0 Å². The van der Waals surface area contributed by atoms with E-state index in [1.165, 1.54) is 4.74 Å². The first-order valence-electron chi connectivity index (χ1n) is 10.4. The van der Waals surface area contributed by atoms with E-state index >= 15 is 0 Å². The number of hydrogen-bond donors (Lipinski definition) is 0. The molecule has 38 heavy (non-hydrogen) atoms. The quantitative estimate of drug-likeness (QED) is 0.0727. The Morgan fingerprint density at radius 1 is 0.553 bits per heavy atom. The van der Waals surface area contributed by atoms with Gasteiger partial charge >= 0.3 is 48.4 Å². The minimum atomic E-state index is -7.83. The van der Waals surface area contributed by atoms with Crippen molar-refractivity contribution in [3.63, 3.8) is 0 Å². The number of rotatable bonds is 15. The van der Waals surface area contributed by atoms with Crippen LogP contribution in [0, 0.1) is 0 Å². The number of halogens is 18. The fourth-order valence-electron chi connectivity index (χ4n) is 2.71. The summed E-state index contributed by atoms with van der Waals surface area (Å²) in [6, 6.07) is 0. The van der Waals surface area contributed by atoms with E-state index in [2.05, 4.69) is 4.74 Å². The minimum absolute atomic E-state index is 0.0547. The van der Waals surface area contributed by atoms with Gasteiger partial charge in [0.1, 0.15) is 0 Å². The van der Waals surface area contributed by atoms with E-state index < -0.39 is 58.7 Å². The highest BCUT2D eigenvalue weighted by Crippen LogP contribution is 2.57. The van der Waals surface area contributed by atoms with E-state index in [0.29, 0.717) is 19.3 Å². The first kappa shape index (κ1) is 37.5. The van der Waals surface area contributed by atoms with Crippen molar-refractivity contribution in [3.05, 3.63) is 0 Å². The Kier molecular flexibility index (Phi) is 12.4. The summed E-state index contributed by atoms with van der Waals surface area (Å²) in [7, 11) is 0. The summed E-state index contributed by atoms with van der Waals surface area (Å²) >= 11 is 1.05. The zero-order valence-electron chi connectivity index (χ0n) is 18.9. The molecule has 0 aliphatic rings. The second kappa shape index (κ2) is 12.5. The molecular weight excluding hydrogens is 698 g/mol. The topological polar surface area (TPSA) is 18.5 Å². The van der Waals surface area contributed by atoms with Crippen molar-refractivity contribution in [2.45, 2.75) is 111 Å². The lowest BCUT2D eigenvalue weighted by atomic mass is 10.0. The summed E-state index contributed by atoms with van der Waals surface area (Å²) in [5, 5.41) is 0. The van der Waals surface area contributed by atoms with Gasteiger partial charge in [-0.3, -0.25) is 9.47 Å². The predicted octanol–water partition coefficient (Wildman–Crippen LogP) is 9.80. The summed E-state index contributed by atoms with van der Waals surface area (Å²) in [6.07, 6.45) is -36.8. The van der Waals surface area contributed by atoms with E-state index in [0.717, 1.165) is 35.4 Å². The average molecular weight is 718 g/mol. The maximum Gasteiger partial charge on any atom is 0.462 e. The zero-order valence-corrected chi connectivity index (χ0v) is 21.0. The van der Waals surface area contributed by atoms with Crippen molar-refractivity contribution < 1.29 is 84.1 Å². The van der Waals surface area contributed by atoms with Gasteiger partial charge in [-0.05, 0) is 6.42 Å². The molecular formula is C18H20F17IO2. The molecule has 0 fully saturated rings. The summed E-state index contributed by atoms with van der Waals surface area (Å²) in [4.78, 5) is 0. The van der Waals surface area contributed by atoms with Crippen LogP contribution in [0.1, 0.15) is 58.3 Å². The fourth-order valence-corrected chi connectivity index (χ4v) is 3.71. The molecule has 0 bridgehead atoms. The van der Waals surface area contributed by atoms with Gasteiger partial charge < -0.3 is 0 Å². The van der Waals surface area contributed by atoms with Gasteiger partial charge in [0.15, 0.2) is 0 Å². The van der Waals surface area contributed by atoms with Crippen LogP contribution in [0.25, 0.3) is 0 Å². The molecule has 3 atom stereocenters. The van der Waals surface area contributed by atoms with E-state index in [9.17, 15) is 74.6 Å². The van der Waals surface area contributed by atoms with Gasteiger partial charge in [-0.15, -0.1) is 0 Å². The van der Waals surface area contributed by atoms with E-state index in [1.54, 1.807) is 0 Å². The van der Waals surface area contributed by atoms with Crippen LogP contribution >= 0.6 is 22.6 Å². The lowest BCUT2D eigenvalue weighted by Crippen LogP contribution is -2.67. The Hall–Kier alpha value is -0.540. The number of ether oxygens (including phenoxy) is 2. The fraction of sp³-hybridized carbons (Fsp3) is 1.00. The highest BCUT2D eigenvalue weighted by molar-refractivity contribution is 14.1. The van der Waals surface area contributed by atoms with Gasteiger partial charge in [0.05, 0.1) is 0 Å². The lowest BCUT2D eigenvalue weighted by molar-refractivity contribution is -0.552. The molecule has 0 rings (SSSR count). The van der Waals surface area contributed by atoms with Crippen molar-refractivity contribution >= 4 is 22.6 Å². The molecule has 0 amide bonds. The largest absolute Gasteiger partial charge is 0.462 e. The van der Waals surface area contributed by atoms with E-state index in [4.69, 9.17) is 0 Å². The highest BCUT2D eigenvalue weighted by atomic mass is 127. The molecule has 230 valence electrons. The van der Waals surface area contributed by atoms with Crippen LogP contribution in [0.2, 0.25) is 0 Å². The van der Waals surface area contributed by atoms with Crippen LogP contribution in [0.15, 0.2) is 0 Å². The monoisotopic (exact) mass is 718 g/mol. The zero-order chi connectivity index (χ0) is 30.6. The Morgan fingerprint density at radius 3 is 1.39 bits per heavy atom. The third-order valence-corrected chi connectivity index (χ3v) is 5.86. The molecule has 0 heterocycles. The first-order chi connectivity index (χ1) is 16.6. The molecule has 0 aromatic carbocycles. The van der Waals surface area contributed by atoms with Crippen LogP contribution in [0.5, 0.6) is 0 Å². The summed E-state index contributed by atoms with van der Waals surface area (Å²) in [6.45, 7) is 1.85. The maximum atomic E-state index is 14.6. The lowest BCUT2D eigenvalue weighted by Gasteiger charge is -2.41. The molecule has 0 aliphatic carbocycles. The van der Waals surface area contributed by atoms with Crippen molar-refractivity contribution in [2.24, 2.45) is 0 Å². The predicted molar refractivity (Wildman–Crippen MR) is 103 cm³/mol. The second-order valence-corrected chi connectivity index (χ2v) is 9.75. The third kappa shape index (κ3) is 8.73. The summed E-state index contributed by atoms with van der Waals surface area (Å²) in [5.74, 6) is -21.5. The molecule has 0 radical (unpaired) electrons. The molecule has 0 N–H and O–H groups in total. The van der Waals surface area contributed by atoms with Gasteiger partial charge in [0.25, 0.3) is 0 Å². The van der Waals surface area contributed by atoms with Crippen molar-refractivity contribution in [3.8, 4) is 0 Å². The van der Waals surface area contributed by atoms with E-state index in [1.807, 2.05) is 6.92 Å². The normalized spacial score (nSPS) is 18.7. The minimum Gasteiger partial charge on any atom is -0.270 e. The van der Waals surface area contributed by atoms with Crippen LogP contribution in [-0.2, 0) is 9.47 Å². The van der Waals surface area contributed by atoms with Gasteiger partial charge in [-0.25, -0.2) is 4.39 Å². The van der Waals surface area contributed by atoms with Crippen LogP contribution < -0.4 is 0 Å². The second-order valence-electron chi connectivity index (χ2n) is 7.99. The van der Waals surface area contributed by atoms with Crippen LogP contribution in [-0.4, -0.2) is 52.3 Å². The third-order valence-electron chi connectivity index (χ3n) is 4.80. The highest BCUT2D eigenvalue weighted by Gasteiger charge is 2.85. The van der Waals surface area contributed by atoms with Gasteiger partial charge in [0.2, 0.25) is 0 Å². The molecule has 0 aliphatic heterocycles. The molecule has 0 saturated heterocycles. The smallest absolute Gasteiger partial charge is 0.270 e. The maximum absolute atomic E-state index is 14.6. The van der Waals surface area contributed by atoms with Gasteiger partial charge in [-0.2, -0.15) is 70.2 Å². The number of unbranched alkanes of at least 4 members (excludes halogenated alkanes) is 5. The molecule has 3 unspecified atom stereocenters. The molecule has 2 nitrogen and oxygen atoms in total. The van der Waals surface area contributed by atoms with Crippen LogP contribution in [0.4, 0.5) is 74.6 Å². The Morgan fingerprint density at radius 2 is 1.00 bits per heavy atom. The number of hydrogen-bond acceptors (Lipinski definition) is 2. The Balaban J connectivity index is 6.16. The molecule has 0 spiro atoms. The summed E-state index contributed by atoms with van der Waals surface area (Å²) in [5.41, 5.74) is 0. The van der Waals surface area contributed by atoms with Crippen molar-refractivity contribution in [1.82, 2.24) is 0 Å². The molecule has 20 heteroatoms. The SMILES string of the molecule is CCCCCCCCC(I)CC(F)(OC(F)(F)C(F)(OC(F)(F)C(F)(F)C(F)(F)F)C(F)(F)F)C(F)(F)F. The van der Waals surface area contributed by atoms with Crippen molar-refractivity contribution in [1.29, 1.82) is 0 Å². The molecule has 0 saturated carbocycles. The van der Waals surface area contributed by atoms with Gasteiger partial charge in [0, 0.05) is 10.3 Å². The van der Waals surface area contributed by atoms with Crippen LogP contribution in [0.3, 0.4) is 0 Å². The Bertz CT molecular complexity index is 736. The summed E-state index contributed by atoms with van der Waals surface area (Å²) < 4.78 is 226.